The monoisotopic (exact) mass is 438 g/mol. The van der Waals surface area contributed by atoms with Gasteiger partial charge in [0, 0.05) is 35.1 Å². The molecule has 2 aromatic carbocycles. The summed E-state index contributed by atoms with van der Waals surface area (Å²) >= 11 is 6.23. The Morgan fingerprint density at radius 2 is 1.94 bits per heavy atom. The van der Waals surface area contributed by atoms with E-state index in [1.54, 1.807) is 0 Å². The summed E-state index contributed by atoms with van der Waals surface area (Å²) in [4.78, 5) is 11.2. The molecule has 162 valence electrons. The Morgan fingerprint density at radius 1 is 1.16 bits per heavy atom. The molecule has 1 aliphatic rings. The number of amides is 1. The van der Waals surface area contributed by atoms with Gasteiger partial charge in [0.05, 0.1) is 11.9 Å². The molecular formula is C24H27ClN4O2. The second kappa shape index (κ2) is 9.54. The van der Waals surface area contributed by atoms with Crippen molar-refractivity contribution in [2.24, 2.45) is 0 Å². The van der Waals surface area contributed by atoms with Crippen molar-refractivity contribution in [3.05, 3.63) is 77.1 Å². The van der Waals surface area contributed by atoms with E-state index in [4.69, 9.17) is 16.7 Å². The molecule has 1 aromatic heterocycles. The fourth-order valence-corrected chi connectivity index (χ4v) is 4.76. The topological polar surface area (TPSA) is 90.0 Å². The third-order valence-electron chi connectivity index (χ3n) is 6.33. The Balaban J connectivity index is 1.41. The second-order valence-electron chi connectivity index (χ2n) is 8.23. The molecule has 0 atom stereocenters. The van der Waals surface area contributed by atoms with Gasteiger partial charge in [0.15, 0.2) is 0 Å². The molecule has 0 saturated heterocycles. The van der Waals surface area contributed by atoms with Crippen molar-refractivity contribution in [2.45, 2.75) is 43.7 Å². The van der Waals surface area contributed by atoms with E-state index in [0.717, 1.165) is 48.1 Å². The van der Waals surface area contributed by atoms with Crippen molar-refractivity contribution in [3.8, 4) is 11.1 Å². The van der Waals surface area contributed by atoms with Gasteiger partial charge in [-0.15, -0.1) is 0 Å². The van der Waals surface area contributed by atoms with Crippen molar-refractivity contribution in [1.29, 1.82) is 0 Å². The van der Waals surface area contributed by atoms with Gasteiger partial charge in [0.25, 0.3) is 0 Å². The molecule has 1 amide bonds. The van der Waals surface area contributed by atoms with Crippen LogP contribution in [0.1, 0.15) is 36.9 Å². The van der Waals surface area contributed by atoms with Crippen LogP contribution in [-0.4, -0.2) is 34.0 Å². The molecule has 4 N–H and O–H groups in total. The van der Waals surface area contributed by atoms with Crippen LogP contribution < -0.4 is 10.6 Å². The van der Waals surface area contributed by atoms with Crippen molar-refractivity contribution >= 4 is 17.7 Å². The molecule has 0 bridgehead atoms. The number of H-pyrrole nitrogens is 1. The van der Waals surface area contributed by atoms with E-state index in [0.29, 0.717) is 24.2 Å². The highest BCUT2D eigenvalue weighted by Gasteiger charge is 2.37. The van der Waals surface area contributed by atoms with Gasteiger partial charge < -0.3 is 15.7 Å². The first kappa shape index (κ1) is 21.4. The van der Waals surface area contributed by atoms with Crippen LogP contribution in [0.4, 0.5) is 4.79 Å². The molecule has 31 heavy (non-hydrogen) atoms. The van der Waals surface area contributed by atoms with Crippen LogP contribution in [0.15, 0.2) is 60.8 Å². The van der Waals surface area contributed by atoms with Gasteiger partial charge in [-0.3, -0.25) is 5.10 Å². The van der Waals surface area contributed by atoms with Crippen LogP contribution in [0.5, 0.6) is 0 Å². The summed E-state index contributed by atoms with van der Waals surface area (Å²) in [6.07, 6.45) is 4.58. The second-order valence-corrected chi connectivity index (χ2v) is 8.67. The van der Waals surface area contributed by atoms with Gasteiger partial charge >= 0.3 is 6.09 Å². The molecule has 4 rings (SSSR count). The number of hydrogen-bond acceptors (Lipinski definition) is 3. The molecule has 0 radical (unpaired) electrons. The zero-order valence-corrected chi connectivity index (χ0v) is 18.0. The SMILES string of the molecule is O=C(O)NCC1(c2cccc(Cl)c2)CCC(NCc2[nH]ncc2-c2ccccc2)CC1. The number of aromatic nitrogens is 2. The van der Waals surface area contributed by atoms with Crippen LogP contribution >= 0.6 is 11.6 Å². The highest BCUT2D eigenvalue weighted by molar-refractivity contribution is 6.30. The smallest absolute Gasteiger partial charge is 0.404 e. The Labute approximate surface area is 187 Å². The van der Waals surface area contributed by atoms with E-state index in [-0.39, 0.29) is 5.41 Å². The predicted molar refractivity (Wildman–Crippen MR) is 122 cm³/mol. The lowest BCUT2D eigenvalue weighted by atomic mass is 9.68. The molecule has 0 aliphatic heterocycles. The van der Waals surface area contributed by atoms with Gasteiger partial charge in [0.2, 0.25) is 0 Å². The van der Waals surface area contributed by atoms with Gasteiger partial charge in [-0.25, -0.2) is 4.79 Å². The third kappa shape index (κ3) is 5.09. The Kier molecular flexibility index (Phi) is 6.59. The highest BCUT2D eigenvalue weighted by Crippen LogP contribution is 2.40. The molecule has 3 aromatic rings. The number of nitrogens with zero attached hydrogens (tertiary/aromatic N) is 1. The first-order valence-corrected chi connectivity index (χ1v) is 11.0. The molecule has 1 heterocycles. The number of nitrogens with one attached hydrogen (secondary N) is 3. The average molecular weight is 439 g/mol. The van der Waals surface area contributed by atoms with E-state index >= 15 is 0 Å². The molecule has 1 saturated carbocycles. The van der Waals surface area contributed by atoms with E-state index in [2.05, 4.69) is 39.0 Å². The van der Waals surface area contributed by atoms with Crippen LogP contribution in [0, 0.1) is 0 Å². The molecular weight excluding hydrogens is 412 g/mol. The molecule has 1 aliphatic carbocycles. The number of rotatable bonds is 7. The number of carbonyl (C=O) groups is 1. The summed E-state index contributed by atoms with van der Waals surface area (Å²) in [6, 6.07) is 18.4. The minimum absolute atomic E-state index is 0.231. The van der Waals surface area contributed by atoms with Crippen molar-refractivity contribution in [3.63, 3.8) is 0 Å². The number of benzene rings is 2. The minimum atomic E-state index is -0.991. The lowest BCUT2D eigenvalue weighted by molar-refractivity contribution is 0.183. The van der Waals surface area contributed by atoms with Crippen LogP contribution in [0.2, 0.25) is 5.02 Å². The van der Waals surface area contributed by atoms with E-state index in [1.807, 2.05) is 42.6 Å². The summed E-state index contributed by atoms with van der Waals surface area (Å²) in [7, 11) is 0. The van der Waals surface area contributed by atoms with Gasteiger partial charge in [-0.1, -0.05) is 54.1 Å². The fraction of sp³-hybridized carbons (Fsp3) is 0.333. The predicted octanol–water partition coefficient (Wildman–Crippen LogP) is 4.97. The van der Waals surface area contributed by atoms with E-state index < -0.39 is 6.09 Å². The third-order valence-corrected chi connectivity index (χ3v) is 6.56. The zero-order chi connectivity index (χ0) is 21.7. The van der Waals surface area contributed by atoms with Crippen LogP contribution in [0.25, 0.3) is 11.1 Å². The minimum Gasteiger partial charge on any atom is -0.465 e. The maximum absolute atomic E-state index is 11.2. The van der Waals surface area contributed by atoms with Crippen molar-refractivity contribution in [1.82, 2.24) is 20.8 Å². The maximum atomic E-state index is 11.2. The van der Waals surface area contributed by atoms with E-state index in [9.17, 15) is 4.79 Å². The molecule has 1 fully saturated rings. The molecule has 7 heteroatoms. The van der Waals surface area contributed by atoms with Gasteiger partial charge in [0.1, 0.15) is 0 Å². The van der Waals surface area contributed by atoms with Crippen molar-refractivity contribution < 1.29 is 9.90 Å². The molecule has 0 spiro atoms. The van der Waals surface area contributed by atoms with Crippen LogP contribution in [-0.2, 0) is 12.0 Å². The maximum Gasteiger partial charge on any atom is 0.404 e. The summed E-state index contributed by atoms with van der Waals surface area (Å²) < 4.78 is 0. The standard InChI is InChI=1S/C24H27ClN4O2/c25-19-8-4-7-18(13-19)24(16-27-23(30)31)11-9-20(10-12-24)26-15-22-21(14-28-29-22)17-5-2-1-3-6-17/h1-8,13-14,20,26-27H,9-12,15-16H2,(H,28,29)(H,30,31). The fourth-order valence-electron chi connectivity index (χ4n) is 4.57. The first-order chi connectivity index (χ1) is 15.1. The van der Waals surface area contributed by atoms with Crippen LogP contribution in [0.3, 0.4) is 0 Å². The summed E-state index contributed by atoms with van der Waals surface area (Å²) in [6.45, 7) is 1.11. The average Bonchev–Trinajstić information content (AvgIpc) is 3.26. The lowest BCUT2D eigenvalue weighted by Crippen LogP contribution is -2.46. The molecule has 6 nitrogen and oxygen atoms in total. The van der Waals surface area contributed by atoms with Gasteiger partial charge in [-0.2, -0.15) is 5.10 Å². The molecule has 0 unspecified atom stereocenters. The number of carboxylic acid groups (broad SMARTS) is 1. The number of hydrogen-bond donors (Lipinski definition) is 4. The summed E-state index contributed by atoms with van der Waals surface area (Å²) in [5.74, 6) is 0. The Bertz CT molecular complexity index is 1010. The highest BCUT2D eigenvalue weighted by atomic mass is 35.5. The lowest BCUT2D eigenvalue weighted by Gasteiger charge is -2.41. The summed E-state index contributed by atoms with van der Waals surface area (Å²) in [5.41, 5.74) is 4.21. The summed E-state index contributed by atoms with van der Waals surface area (Å²) in [5, 5.41) is 23.5. The zero-order valence-electron chi connectivity index (χ0n) is 17.3. The Hall–Kier alpha value is -2.83. The quantitative estimate of drug-likeness (QED) is 0.419. The van der Waals surface area contributed by atoms with Crippen molar-refractivity contribution in [2.75, 3.05) is 6.54 Å². The normalized spacial score (nSPS) is 21.0. The van der Waals surface area contributed by atoms with E-state index in [1.165, 1.54) is 0 Å². The first-order valence-electron chi connectivity index (χ1n) is 10.6. The Morgan fingerprint density at radius 3 is 2.65 bits per heavy atom. The van der Waals surface area contributed by atoms with Gasteiger partial charge in [-0.05, 0) is 48.9 Å². The number of halogens is 1. The largest absolute Gasteiger partial charge is 0.465 e. The number of aromatic amines is 1.